The molecule has 0 saturated heterocycles. The number of carbonyl (C=O) groups is 1. The number of thioether (sulfide) groups is 1. The summed E-state index contributed by atoms with van der Waals surface area (Å²) >= 11 is 1.24. The highest BCUT2D eigenvalue weighted by molar-refractivity contribution is 7.99. The van der Waals surface area contributed by atoms with Gasteiger partial charge in [0.15, 0.2) is 5.16 Å². The summed E-state index contributed by atoms with van der Waals surface area (Å²) in [4.78, 5) is 16.8. The lowest BCUT2D eigenvalue weighted by Crippen LogP contribution is -2.15. The fourth-order valence-corrected chi connectivity index (χ4v) is 3.57. The third-order valence-electron chi connectivity index (χ3n) is 4.50. The van der Waals surface area contributed by atoms with Crippen molar-refractivity contribution in [1.29, 1.82) is 0 Å². The molecule has 164 valence electrons. The van der Waals surface area contributed by atoms with Gasteiger partial charge in [-0.25, -0.2) is 0 Å². The molecule has 0 fully saturated rings. The molecule has 10 nitrogen and oxygen atoms in total. The van der Waals surface area contributed by atoms with Crippen LogP contribution in [0.25, 0.3) is 23.1 Å². The van der Waals surface area contributed by atoms with Gasteiger partial charge in [0.05, 0.1) is 25.7 Å². The summed E-state index contributed by atoms with van der Waals surface area (Å²) in [5, 5.41) is 15.6. The molecule has 0 aliphatic carbocycles. The quantitative estimate of drug-likeness (QED) is 0.402. The van der Waals surface area contributed by atoms with E-state index >= 15 is 0 Å². The first-order chi connectivity index (χ1) is 15.6. The predicted molar refractivity (Wildman–Crippen MR) is 119 cm³/mol. The molecule has 0 aliphatic rings. The van der Waals surface area contributed by atoms with Crippen LogP contribution < -0.4 is 14.8 Å². The highest BCUT2D eigenvalue weighted by atomic mass is 32.2. The molecule has 0 radical (unpaired) electrons. The van der Waals surface area contributed by atoms with Gasteiger partial charge < -0.3 is 23.9 Å². The number of amides is 1. The minimum absolute atomic E-state index is 0.125. The molecule has 2 aromatic carbocycles. The molecule has 0 aliphatic heterocycles. The Morgan fingerprint density at radius 3 is 2.69 bits per heavy atom. The average Bonchev–Trinajstić information content (AvgIpc) is 3.45. The van der Waals surface area contributed by atoms with Crippen LogP contribution >= 0.6 is 11.8 Å². The van der Waals surface area contributed by atoms with E-state index in [9.17, 15) is 4.79 Å². The largest absolute Gasteiger partial charge is 0.497 e. The molecule has 2 aromatic heterocycles. The number of aromatic nitrogens is 5. The number of anilines is 1. The van der Waals surface area contributed by atoms with Crippen LogP contribution in [0.1, 0.15) is 0 Å². The van der Waals surface area contributed by atoms with Gasteiger partial charge in [0, 0.05) is 18.7 Å². The van der Waals surface area contributed by atoms with Crippen molar-refractivity contribution in [3.05, 3.63) is 48.5 Å². The van der Waals surface area contributed by atoms with Gasteiger partial charge in [-0.3, -0.25) is 4.79 Å². The van der Waals surface area contributed by atoms with Gasteiger partial charge in [-0.1, -0.05) is 47.3 Å². The van der Waals surface area contributed by atoms with Crippen LogP contribution in [0.4, 0.5) is 5.69 Å². The summed E-state index contributed by atoms with van der Waals surface area (Å²) in [5.74, 6) is 2.18. The summed E-state index contributed by atoms with van der Waals surface area (Å²) in [5.41, 5.74) is 1.39. The zero-order valence-electron chi connectivity index (χ0n) is 17.6. The maximum atomic E-state index is 12.4. The maximum Gasteiger partial charge on any atom is 0.296 e. The lowest BCUT2D eigenvalue weighted by molar-refractivity contribution is -0.113. The highest BCUT2D eigenvalue weighted by Gasteiger charge is 2.19. The second-order valence-corrected chi connectivity index (χ2v) is 7.50. The van der Waals surface area contributed by atoms with Crippen LogP contribution in [-0.4, -0.2) is 50.8 Å². The zero-order chi connectivity index (χ0) is 22.5. The Morgan fingerprint density at radius 1 is 1.12 bits per heavy atom. The van der Waals surface area contributed by atoms with Gasteiger partial charge in [0.25, 0.3) is 5.89 Å². The van der Waals surface area contributed by atoms with E-state index in [1.54, 1.807) is 36.9 Å². The Kier molecular flexibility index (Phi) is 6.36. The minimum atomic E-state index is -0.216. The van der Waals surface area contributed by atoms with Crippen molar-refractivity contribution in [2.75, 3.05) is 25.3 Å². The summed E-state index contributed by atoms with van der Waals surface area (Å²) in [6.45, 7) is 0. The molecule has 0 unspecified atom stereocenters. The number of nitrogens with one attached hydrogen (secondary N) is 1. The Hall–Kier alpha value is -3.86. The minimum Gasteiger partial charge on any atom is -0.497 e. The molecule has 2 heterocycles. The number of methoxy groups -OCH3 is 2. The second-order valence-electron chi connectivity index (χ2n) is 6.56. The first kappa shape index (κ1) is 21.4. The van der Waals surface area contributed by atoms with Crippen LogP contribution in [0.5, 0.6) is 11.5 Å². The van der Waals surface area contributed by atoms with E-state index in [1.165, 1.54) is 18.9 Å². The van der Waals surface area contributed by atoms with E-state index in [4.69, 9.17) is 14.0 Å². The molecular formula is C21H20N6O4S. The van der Waals surface area contributed by atoms with Crippen LogP contribution in [0.3, 0.4) is 0 Å². The van der Waals surface area contributed by atoms with Crippen molar-refractivity contribution < 1.29 is 18.8 Å². The van der Waals surface area contributed by atoms with Gasteiger partial charge in [-0.05, 0) is 12.1 Å². The van der Waals surface area contributed by atoms with Gasteiger partial charge in [0.1, 0.15) is 11.5 Å². The zero-order valence-corrected chi connectivity index (χ0v) is 18.4. The number of rotatable bonds is 8. The Morgan fingerprint density at radius 2 is 1.94 bits per heavy atom. The SMILES string of the molecule is COc1ccc(NC(=O)CSc2nnc(-c3nc(-c4ccccc4)no3)n2C)c(OC)c1. The number of nitrogens with zero attached hydrogens (tertiary/aromatic N) is 5. The molecule has 11 heteroatoms. The summed E-state index contributed by atoms with van der Waals surface area (Å²) in [6, 6.07) is 14.7. The first-order valence-electron chi connectivity index (χ1n) is 9.52. The predicted octanol–water partition coefficient (Wildman–Crippen LogP) is 3.28. The van der Waals surface area contributed by atoms with Gasteiger partial charge in [-0.15, -0.1) is 10.2 Å². The van der Waals surface area contributed by atoms with E-state index < -0.39 is 0 Å². The van der Waals surface area contributed by atoms with Crippen LogP contribution in [-0.2, 0) is 11.8 Å². The fourth-order valence-electron chi connectivity index (χ4n) is 2.86. The number of carbonyl (C=O) groups excluding carboxylic acids is 1. The lowest BCUT2D eigenvalue weighted by Gasteiger charge is -2.11. The molecule has 0 spiro atoms. The van der Waals surface area contributed by atoms with Crippen molar-refractivity contribution in [3.8, 4) is 34.6 Å². The van der Waals surface area contributed by atoms with E-state index in [1.807, 2.05) is 30.3 Å². The van der Waals surface area contributed by atoms with Gasteiger partial charge in [0.2, 0.25) is 17.6 Å². The van der Waals surface area contributed by atoms with Crippen molar-refractivity contribution in [1.82, 2.24) is 24.9 Å². The van der Waals surface area contributed by atoms with Crippen molar-refractivity contribution in [2.24, 2.45) is 7.05 Å². The van der Waals surface area contributed by atoms with Crippen molar-refractivity contribution in [2.45, 2.75) is 5.16 Å². The number of benzene rings is 2. The normalized spacial score (nSPS) is 10.7. The fraction of sp³-hybridized carbons (Fsp3) is 0.190. The highest BCUT2D eigenvalue weighted by Crippen LogP contribution is 2.29. The standard InChI is InChI=1S/C21H20N6O4S/c1-27-19(20-23-18(26-31-20)13-7-5-4-6-8-13)24-25-21(27)32-12-17(28)22-15-10-9-14(29-2)11-16(15)30-3/h4-11H,12H2,1-3H3,(H,22,28). The summed E-state index contributed by atoms with van der Waals surface area (Å²) in [6.07, 6.45) is 0. The molecule has 0 saturated carbocycles. The Labute approximate surface area is 188 Å². The van der Waals surface area contributed by atoms with Crippen LogP contribution in [0.15, 0.2) is 58.2 Å². The smallest absolute Gasteiger partial charge is 0.296 e. The topological polar surface area (TPSA) is 117 Å². The monoisotopic (exact) mass is 452 g/mol. The third-order valence-corrected chi connectivity index (χ3v) is 5.52. The van der Waals surface area contributed by atoms with E-state index in [0.717, 1.165) is 5.56 Å². The molecule has 32 heavy (non-hydrogen) atoms. The molecule has 1 N–H and O–H groups in total. The van der Waals surface area contributed by atoms with Crippen LogP contribution in [0, 0.1) is 0 Å². The second kappa shape index (κ2) is 9.52. The molecule has 0 atom stereocenters. The van der Waals surface area contributed by atoms with E-state index in [-0.39, 0.29) is 17.6 Å². The average molecular weight is 452 g/mol. The number of ether oxygens (including phenoxy) is 2. The van der Waals surface area contributed by atoms with E-state index in [0.29, 0.717) is 34.0 Å². The first-order valence-corrected chi connectivity index (χ1v) is 10.5. The van der Waals surface area contributed by atoms with Crippen molar-refractivity contribution in [3.63, 3.8) is 0 Å². The Balaban J connectivity index is 1.41. The molecule has 1 amide bonds. The Bertz CT molecular complexity index is 1220. The van der Waals surface area contributed by atoms with Crippen LogP contribution in [0.2, 0.25) is 0 Å². The molecule has 0 bridgehead atoms. The third kappa shape index (κ3) is 4.57. The van der Waals surface area contributed by atoms with Gasteiger partial charge in [-0.2, -0.15) is 4.98 Å². The molecule has 4 rings (SSSR count). The van der Waals surface area contributed by atoms with Gasteiger partial charge >= 0.3 is 0 Å². The summed E-state index contributed by atoms with van der Waals surface area (Å²) < 4.78 is 17.5. The maximum absolute atomic E-state index is 12.4. The molecular weight excluding hydrogens is 432 g/mol. The van der Waals surface area contributed by atoms with E-state index in [2.05, 4.69) is 25.7 Å². The van der Waals surface area contributed by atoms with Crippen molar-refractivity contribution >= 4 is 23.4 Å². The number of hydrogen-bond donors (Lipinski definition) is 1. The summed E-state index contributed by atoms with van der Waals surface area (Å²) in [7, 11) is 4.87. The number of hydrogen-bond acceptors (Lipinski definition) is 9. The molecule has 4 aromatic rings. The lowest BCUT2D eigenvalue weighted by atomic mass is 10.2.